The zero-order valence-corrected chi connectivity index (χ0v) is 10.2. The normalized spacial score (nSPS) is 10.7. The second kappa shape index (κ2) is 5.54. The Morgan fingerprint density at radius 1 is 1.41 bits per heavy atom. The lowest BCUT2D eigenvalue weighted by Gasteiger charge is -2.05. The summed E-state index contributed by atoms with van der Waals surface area (Å²) in [5.74, 6) is 0.878. The highest BCUT2D eigenvalue weighted by atomic mass is 15.3. The van der Waals surface area contributed by atoms with Crippen LogP contribution < -0.4 is 5.32 Å². The van der Waals surface area contributed by atoms with E-state index in [1.165, 1.54) is 11.1 Å². The van der Waals surface area contributed by atoms with Crippen molar-refractivity contribution in [1.82, 2.24) is 25.1 Å². The van der Waals surface area contributed by atoms with Crippen LogP contribution in [0.2, 0.25) is 0 Å². The summed E-state index contributed by atoms with van der Waals surface area (Å²) in [5, 5.41) is 7.60. The van der Waals surface area contributed by atoms with Crippen molar-refractivity contribution in [3.05, 3.63) is 41.7 Å². The molecule has 0 unspecified atom stereocenters. The molecular formula is C12H17N5. The first-order valence-corrected chi connectivity index (χ1v) is 5.70. The van der Waals surface area contributed by atoms with Crippen molar-refractivity contribution in [1.29, 1.82) is 0 Å². The number of aromatic nitrogens is 4. The Balaban J connectivity index is 1.75. The third kappa shape index (κ3) is 3.35. The van der Waals surface area contributed by atoms with Gasteiger partial charge >= 0.3 is 0 Å². The molecule has 2 rings (SSSR count). The van der Waals surface area contributed by atoms with Gasteiger partial charge in [-0.25, -0.2) is 4.98 Å². The molecule has 0 saturated heterocycles. The maximum atomic E-state index is 4.23. The Bertz CT molecular complexity index is 477. The summed E-state index contributed by atoms with van der Waals surface area (Å²) in [6.45, 7) is 3.81. The number of nitrogens with zero attached hydrogens (tertiary/aromatic N) is 4. The van der Waals surface area contributed by atoms with E-state index in [2.05, 4.69) is 27.3 Å². The van der Waals surface area contributed by atoms with Crippen molar-refractivity contribution in [3.8, 4) is 0 Å². The minimum atomic E-state index is 0.840. The number of hydrogen-bond donors (Lipinski definition) is 1. The van der Waals surface area contributed by atoms with Gasteiger partial charge in [0.1, 0.15) is 6.33 Å². The molecule has 0 aliphatic heterocycles. The minimum absolute atomic E-state index is 0.840. The van der Waals surface area contributed by atoms with Crippen LogP contribution >= 0.6 is 0 Å². The van der Waals surface area contributed by atoms with Crippen LogP contribution in [0.25, 0.3) is 0 Å². The molecule has 90 valence electrons. The summed E-state index contributed by atoms with van der Waals surface area (Å²) in [6, 6.07) is 2.03. The van der Waals surface area contributed by atoms with E-state index in [1.807, 2.05) is 25.5 Å². The highest BCUT2D eigenvalue weighted by molar-refractivity contribution is 5.20. The summed E-state index contributed by atoms with van der Waals surface area (Å²) in [7, 11) is 1.88. The number of nitrogens with one attached hydrogen (secondary N) is 1. The summed E-state index contributed by atoms with van der Waals surface area (Å²) >= 11 is 0. The second-order valence-corrected chi connectivity index (χ2v) is 4.06. The average molecular weight is 231 g/mol. The van der Waals surface area contributed by atoms with Gasteiger partial charge in [0.25, 0.3) is 0 Å². The first-order chi connectivity index (χ1) is 8.25. The summed E-state index contributed by atoms with van der Waals surface area (Å²) < 4.78 is 1.72. The quantitative estimate of drug-likeness (QED) is 0.775. The molecule has 5 heteroatoms. The molecule has 0 amide bonds. The molecule has 0 radical (unpaired) electrons. The predicted octanol–water partition coefficient (Wildman–Crippen LogP) is 0.851. The molecule has 0 atom stereocenters. The maximum absolute atomic E-state index is 4.23. The molecule has 17 heavy (non-hydrogen) atoms. The van der Waals surface area contributed by atoms with E-state index < -0.39 is 0 Å². The lowest BCUT2D eigenvalue weighted by molar-refractivity contribution is 0.658. The Hall–Kier alpha value is -1.75. The number of hydrogen-bond acceptors (Lipinski definition) is 4. The number of aryl methyl sites for hydroxylation is 2. The second-order valence-electron chi connectivity index (χ2n) is 4.06. The van der Waals surface area contributed by atoms with Crippen LogP contribution in [0.4, 0.5) is 0 Å². The molecule has 2 aromatic heterocycles. The van der Waals surface area contributed by atoms with Crippen LogP contribution in [0.1, 0.15) is 17.0 Å². The third-order valence-electron chi connectivity index (χ3n) is 2.64. The largest absolute Gasteiger partial charge is 0.312 e. The smallest absolute Gasteiger partial charge is 0.151 e. The van der Waals surface area contributed by atoms with Gasteiger partial charge in [-0.1, -0.05) is 0 Å². The van der Waals surface area contributed by atoms with Crippen LogP contribution in [0, 0.1) is 6.92 Å². The topological polar surface area (TPSA) is 55.6 Å². The molecule has 0 saturated carbocycles. The minimum Gasteiger partial charge on any atom is -0.312 e. The first-order valence-electron chi connectivity index (χ1n) is 5.70. The van der Waals surface area contributed by atoms with E-state index in [1.54, 1.807) is 11.0 Å². The lowest BCUT2D eigenvalue weighted by Crippen LogP contribution is -2.18. The van der Waals surface area contributed by atoms with E-state index in [0.717, 1.165) is 25.3 Å². The van der Waals surface area contributed by atoms with Crippen LogP contribution in [0.3, 0.4) is 0 Å². The van der Waals surface area contributed by atoms with Crippen LogP contribution in [0.5, 0.6) is 0 Å². The van der Waals surface area contributed by atoms with Crippen molar-refractivity contribution < 1.29 is 0 Å². The van der Waals surface area contributed by atoms with E-state index in [0.29, 0.717) is 0 Å². The van der Waals surface area contributed by atoms with Gasteiger partial charge in [-0.2, -0.15) is 5.10 Å². The molecule has 2 aromatic rings. The fraction of sp³-hybridized carbons (Fsp3) is 0.417. The van der Waals surface area contributed by atoms with E-state index in [4.69, 9.17) is 0 Å². The van der Waals surface area contributed by atoms with E-state index in [9.17, 15) is 0 Å². The molecule has 0 aromatic carbocycles. The fourth-order valence-electron chi connectivity index (χ4n) is 1.60. The van der Waals surface area contributed by atoms with Gasteiger partial charge in [-0.05, 0) is 24.1 Å². The zero-order valence-electron chi connectivity index (χ0n) is 10.2. The predicted molar refractivity (Wildman–Crippen MR) is 65.4 cm³/mol. The van der Waals surface area contributed by atoms with E-state index >= 15 is 0 Å². The lowest BCUT2D eigenvalue weighted by atomic mass is 10.1. The SMILES string of the molecule is Cc1ccncc1CNCCc1ncn(C)n1. The first kappa shape index (κ1) is 11.7. The van der Waals surface area contributed by atoms with Gasteiger partial charge < -0.3 is 5.32 Å². The van der Waals surface area contributed by atoms with Gasteiger partial charge in [-0.3, -0.25) is 9.67 Å². The van der Waals surface area contributed by atoms with Crippen molar-refractivity contribution in [2.45, 2.75) is 19.9 Å². The highest BCUT2D eigenvalue weighted by Gasteiger charge is 1.99. The maximum Gasteiger partial charge on any atom is 0.151 e. The molecule has 2 heterocycles. The summed E-state index contributed by atoms with van der Waals surface area (Å²) in [4.78, 5) is 8.30. The standard InChI is InChI=1S/C12H17N5/c1-10-3-5-13-7-11(10)8-14-6-4-12-15-9-17(2)16-12/h3,5,7,9,14H,4,6,8H2,1-2H3. The van der Waals surface area contributed by atoms with E-state index in [-0.39, 0.29) is 0 Å². The fourth-order valence-corrected chi connectivity index (χ4v) is 1.60. The Labute approximate surface area is 101 Å². The van der Waals surface area contributed by atoms with Crippen molar-refractivity contribution in [2.24, 2.45) is 7.05 Å². The molecule has 0 spiro atoms. The molecule has 5 nitrogen and oxygen atoms in total. The molecule has 0 aliphatic carbocycles. The number of rotatable bonds is 5. The van der Waals surface area contributed by atoms with Gasteiger partial charge in [0.15, 0.2) is 5.82 Å². The van der Waals surface area contributed by atoms with Crippen molar-refractivity contribution >= 4 is 0 Å². The van der Waals surface area contributed by atoms with Crippen LogP contribution in [-0.2, 0) is 20.0 Å². The Kier molecular flexibility index (Phi) is 3.82. The third-order valence-corrected chi connectivity index (χ3v) is 2.64. The highest BCUT2D eigenvalue weighted by Crippen LogP contribution is 2.03. The molecule has 0 bridgehead atoms. The van der Waals surface area contributed by atoms with Gasteiger partial charge in [0.05, 0.1) is 0 Å². The van der Waals surface area contributed by atoms with Crippen LogP contribution in [0.15, 0.2) is 24.8 Å². The van der Waals surface area contributed by atoms with Crippen molar-refractivity contribution in [2.75, 3.05) is 6.54 Å². The monoisotopic (exact) mass is 231 g/mol. The van der Waals surface area contributed by atoms with Gasteiger partial charge in [0.2, 0.25) is 0 Å². The molecule has 0 aliphatic rings. The van der Waals surface area contributed by atoms with Crippen LogP contribution in [-0.4, -0.2) is 26.3 Å². The van der Waals surface area contributed by atoms with Gasteiger partial charge in [-0.15, -0.1) is 0 Å². The van der Waals surface area contributed by atoms with Gasteiger partial charge in [0, 0.05) is 39.0 Å². The Morgan fingerprint density at radius 2 is 2.29 bits per heavy atom. The Morgan fingerprint density at radius 3 is 3.00 bits per heavy atom. The molecule has 1 N–H and O–H groups in total. The molecule has 0 fully saturated rings. The average Bonchev–Trinajstić information content (AvgIpc) is 2.73. The summed E-state index contributed by atoms with van der Waals surface area (Å²) in [5.41, 5.74) is 2.50. The zero-order chi connectivity index (χ0) is 12.1. The number of pyridine rings is 1. The molecular weight excluding hydrogens is 214 g/mol. The summed E-state index contributed by atoms with van der Waals surface area (Å²) in [6.07, 6.45) is 6.29. The van der Waals surface area contributed by atoms with Crippen molar-refractivity contribution in [3.63, 3.8) is 0 Å².